The number of nitrogens with two attached hydrogens (primary N) is 1. The number of nitrogens with zero attached hydrogens (tertiary/aromatic N) is 5. The maximum absolute atomic E-state index is 13.4. The number of carbonyl (C=O) groups is 4. The number of nitro groups is 1. The number of halogens is 1. The van der Waals surface area contributed by atoms with Gasteiger partial charge in [0.15, 0.2) is 5.78 Å². The fourth-order valence-corrected chi connectivity index (χ4v) is 14.2. The molecule has 0 saturated carbocycles. The molecule has 2 amide bonds. The molecule has 9 N–H and O–H groups in total. The number of aromatic carboxylic acids is 1. The Hall–Kier alpha value is -6.60. The first-order chi connectivity index (χ1) is 45.7. The van der Waals surface area contributed by atoms with Crippen molar-refractivity contribution in [2.45, 2.75) is 107 Å². The zero-order valence-corrected chi connectivity index (χ0v) is 56.1. The fraction of sp³-hybridized carbons (Fsp3) is 0.475. The van der Waals surface area contributed by atoms with Gasteiger partial charge in [0.25, 0.3) is 11.6 Å². The van der Waals surface area contributed by atoms with E-state index in [0.29, 0.717) is 81.3 Å². The van der Waals surface area contributed by atoms with Crippen LogP contribution in [0.1, 0.15) is 108 Å². The number of aliphatic hydroxyl groups excluding tert-OH is 1. The lowest BCUT2D eigenvalue weighted by atomic mass is 9.74. The van der Waals surface area contributed by atoms with Gasteiger partial charge >= 0.3 is 29.4 Å². The number of non-ortho nitro benzene ring substituents is 1. The lowest BCUT2D eigenvalue weighted by molar-refractivity contribution is -0.384. The Morgan fingerprint density at radius 3 is 2.32 bits per heavy atom. The van der Waals surface area contributed by atoms with E-state index in [0.717, 1.165) is 5.69 Å². The number of fused-ring (bicyclic) bond motifs is 2. The number of hydrogen-bond acceptors (Lipinski definition) is 23. The van der Waals surface area contributed by atoms with Gasteiger partial charge in [0.2, 0.25) is 5.91 Å². The first kappa shape index (κ1) is 75.2. The number of carbonyl (C=O) groups excluding carboxylic acids is 3. The molecule has 0 radical (unpaired) electrons. The SMILES string of the molecule is BC1CC(OP(=O)(O)OC[C@@H]2C[C@H](O)CN2C(=O)CCCN(C)c2ccc(/N=N/c3ccc([N+](=O)[O-])cc3Cl)cc2)C(COP(=O)(O)OCC(CCCCN)COP(=O)(O)OCCCCCCNC(=O)c2ccc(C(=O)O)c(C3c4ccc(O)cc4OC4=CC(=O)C=CC43)c2)O1. The van der Waals surface area contributed by atoms with Crippen molar-refractivity contribution in [3.63, 3.8) is 0 Å². The summed E-state index contributed by atoms with van der Waals surface area (Å²) in [6, 6.07) is 18.3. The number of anilines is 1. The van der Waals surface area contributed by atoms with Gasteiger partial charge in [-0.25, -0.2) is 18.5 Å². The number of benzene rings is 4. The number of amides is 2. The number of azo groups is 1. The quantitative estimate of drug-likeness (QED) is 0.00522. The number of hydrogen-bond donors (Lipinski definition) is 8. The average molecular weight is 1420 g/mol. The number of phosphoric ester groups is 3. The maximum atomic E-state index is 13.4. The van der Waals surface area contributed by atoms with Crippen LogP contribution in [0.2, 0.25) is 5.02 Å². The lowest BCUT2D eigenvalue weighted by Gasteiger charge is -2.35. The van der Waals surface area contributed by atoms with Crippen LogP contribution < -0.4 is 20.7 Å². The predicted octanol–water partition coefficient (Wildman–Crippen LogP) is 8.66. The molecule has 2 saturated heterocycles. The molecular weight excluding hydrogens is 1340 g/mol. The van der Waals surface area contributed by atoms with Crippen LogP contribution >= 0.6 is 35.1 Å². The Labute approximate surface area is 559 Å². The van der Waals surface area contributed by atoms with E-state index in [1.54, 1.807) is 44.3 Å². The Bertz CT molecular complexity index is 3670. The van der Waals surface area contributed by atoms with Crippen LogP contribution in [0, 0.1) is 22.0 Å². The van der Waals surface area contributed by atoms with Crippen molar-refractivity contribution in [3.8, 4) is 11.5 Å². The van der Waals surface area contributed by atoms with Gasteiger partial charge in [-0.05, 0) is 118 Å². The lowest BCUT2D eigenvalue weighted by Crippen LogP contribution is -2.38. The second-order valence-corrected chi connectivity index (χ2v) is 28.3. The van der Waals surface area contributed by atoms with Crippen molar-refractivity contribution in [2.75, 3.05) is 71.2 Å². The molecule has 11 atom stereocenters. The summed E-state index contributed by atoms with van der Waals surface area (Å²) >= 11 is 6.12. The molecule has 9 unspecified atom stereocenters. The number of aliphatic hydroxyl groups is 1. The van der Waals surface area contributed by atoms with Gasteiger partial charge in [0.05, 0.1) is 72.5 Å². The Morgan fingerprint density at radius 2 is 1.60 bits per heavy atom. The van der Waals surface area contributed by atoms with Crippen LogP contribution in [0.15, 0.2) is 113 Å². The van der Waals surface area contributed by atoms with Crippen LogP contribution in [-0.4, -0.2) is 168 Å². The standard InChI is InChI=1S/C61H78BClN7O23P3/c1-68(41-14-12-40(13-15-41)66-67-52-22-16-42(70(78)79)29-51(52)63)25-8-10-58(74)69-33-46(73)28-43(69)36-89-96(84,85)93-55-32-57(62)92-56(55)37-90-95(82,83)88-35-38(9-4-5-23-64)34-87-94(80,81)86-26-7-3-2-6-24-65-60(75)39-11-19-47(61(76)77)50(27-39)59-48-20-17-44(71)30-53(48)91-54-31-45(72)18-21-49(54)59/h11-22,27,29-31,38,43,46,48,55-57,59,72-73H,2-10,23-26,28,32-37,62,64H2,1H3,(H,65,75)(H,76,77)(H,80,81)(H,82,83)(H,84,85)/b67-66+/t38?,43-,46-,48?,55?,56?,57?,59?/m0/s1. The molecule has 0 aromatic heterocycles. The molecule has 0 spiro atoms. The van der Waals surface area contributed by atoms with Gasteiger partial charge in [0, 0.05) is 97.9 Å². The summed E-state index contributed by atoms with van der Waals surface area (Å²) in [5.41, 5.74) is 8.08. The second-order valence-electron chi connectivity index (χ2n) is 23.6. The van der Waals surface area contributed by atoms with E-state index >= 15 is 0 Å². The molecule has 4 aromatic rings. The van der Waals surface area contributed by atoms with Crippen LogP contribution in [0.25, 0.3) is 0 Å². The molecule has 3 aliphatic heterocycles. The van der Waals surface area contributed by atoms with Gasteiger partial charge in [-0.3, -0.25) is 51.6 Å². The molecule has 8 rings (SSSR count). The zero-order valence-electron chi connectivity index (χ0n) is 52.7. The third-order valence-corrected chi connectivity index (χ3v) is 19.5. The van der Waals surface area contributed by atoms with Gasteiger partial charge in [-0.1, -0.05) is 43.0 Å². The number of nitro benzene ring substituents is 1. The van der Waals surface area contributed by atoms with Crippen molar-refractivity contribution in [1.82, 2.24) is 10.2 Å². The third kappa shape index (κ3) is 22.0. The zero-order chi connectivity index (χ0) is 69.3. The van der Waals surface area contributed by atoms with Gasteiger partial charge in [-0.15, -0.1) is 5.11 Å². The third-order valence-electron chi connectivity index (χ3n) is 16.3. The summed E-state index contributed by atoms with van der Waals surface area (Å²) in [5, 5.41) is 53.1. The van der Waals surface area contributed by atoms with Crippen LogP contribution in [-0.2, 0) is 55.2 Å². The van der Waals surface area contributed by atoms with Crippen LogP contribution in [0.4, 0.5) is 22.7 Å². The molecule has 35 heteroatoms. The van der Waals surface area contributed by atoms with Crippen molar-refractivity contribution in [1.29, 1.82) is 0 Å². The fourth-order valence-electron chi connectivity index (χ4n) is 11.4. The first-order valence-electron chi connectivity index (χ1n) is 31.2. The number of likely N-dealkylation sites (tertiary alicyclic amines) is 1. The highest BCUT2D eigenvalue weighted by atomic mass is 35.5. The van der Waals surface area contributed by atoms with Gasteiger partial charge in [-0.2, -0.15) is 5.11 Å². The van der Waals surface area contributed by atoms with E-state index in [4.69, 9.17) is 54.0 Å². The predicted molar refractivity (Wildman–Crippen MR) is 350 cm³/mol. The van der Waals surface area contributed by atoms with Crippen molar-refractivity contribution >= 4 is 89.2 Å². The minimum Gasteiger partial charge on any atom is -0.508 e. The molecule has 520 valence electrons. The minimum absolute atomic E-state index is 0.0238. The number of phenolic OH excluding ortho intramolecular Hbond substituents is 1. The van der Waals surface area contributed by atoms with E-state index in [1.165, 1.54) is 65.6 Å². The van der Waals surface area contributed by atoms with E-state index in [9.17, 15) is 73.0 Å². The van der Waals surface area contributed by atoms with E-state index < -0.39 is 115 Å². The normalized spacial score (nSPS) is 22.1. The number of unbranched alkanes of at least 4 members (excludes halogenated alkanes) is 4. The first-order valence-corrected chi connectivity index (χ1v) is 36.0. The number of ketones is 1. The summed E-state index contributed by atoms with van der Waals surface area (Å²) in [5.74, 6) is -3.85. The Kier molecular flexibility index (Phi) is 27.2. The Morgan fingerprint density at radius 1 is 0.875 bits per heavy atom. The van der Waals surface area contributed by atoms with Gasteiger partial charge < -0.3 is 60.3 Å². The highest BCUT2D eigenvalue weighted by Gasteiger charge is 2.43. The topological polar surface area (TPSA) is 427 Å². The van der Waals surface area contributed by atoms with Crippen LogP contribution in [0.5, 0.6) is 11.5 Å². The van der Waals surface area contributed by atoms with Crippen molar-refractivity contribution in [2.24, 2.45) is 27.8 Å². The number of carboxylic acid groups (broad SMARTS) is 1. The largest absolute Gasteiger partial charge is 0.508 e. The van der Waals surface area contributed by atoms with Crippen molar-refractivity contribution < 1.29 is 104 Å². The molecule has 30 nitrogen and oxygen atoms in total. The monoisotopic (exact) mass is 1420 g/mol. The number of carboxylic acids is 1. The number of phosphoric acid groups is 3. The molecular formula is C61H78BClN7O23P3. The van der Waals surface area contributed by atoms with Crippen molar-refractivity contribution in [3.05, 3.63) is 140 Å². The number of allylic oxidation sites excluding steroid dienone is 3. The van der Waals surface area contributed by atoms with Gasteiger partial charge in [0.1, 0.15) is 36.9 Å². The number of rotatable bonds is 37. The maximum Gasteiger partial charge on any atom is 0.472 e. The number of β-amino-alcohol motifs (C(OH)–C–C–N with tert-alkyl or cyclic N) is 1. The molecule has 96 heavy (non-hydrogen) atoms. The summed E-state index contributed by atoms with van der Waals surface area (Å²) in [6.45, 7) is -1.13. The summed E-state index contributed by atoms with van der Waals surface area (Å²) in [7, 11) is -10.9. The minimum atomic E-state index is -4.89. The highest BCUT2D eigenvalue weighted by Crippen LogP contribution is 2.52. The smallest absolute Gasteiger partial charge is 0.472 e. The molecule has 1 aliphatic carbocycles. The van der Waals surface area contributed by atoms with E-state index in [2.05, 4.69) is 15.5 Å². The van der Waals surface area contributed by atoms with Crippen LogP contribution in [0.3, 0.4) is 0 Å². The number of ether oxygens (including phenoxy) is 2. The average Bonchev–Trinajstić information content (AvgIpc) is 0.918. The van der Waals surface area contributed by atoms with E-state index in [-0.39, 0.29) is 95.4 Å². The molecule has 4 aliphatic rings. The summed E-state index contributed by atoms with van der Waals surface area (Å²) in [6.07, 6.45) is 5.04. The number of aromatic hydroxyl groups is 1. The molecule has 4 aromatic carbocycles. The molecule has 0 bridgehead atoms. The molecule has 3 heterocycles. The molecule has 2 fully saturated rings. The summed E-state index contributed by atoms with van der Waals surface area (Å²) < 4.78 is 83.2. The Balaban J connectivity index is 0.721. The second kappa shape index (κ2) is 34.8. The highest BCUT2D eigenvalue weighted by molar-refractivity contribution is 7.48. The van der Waals surface area contributed by atoms with E-state index in [1.807, 2.05) is 11.9 Å². The summed E-state index contributed by atoms with van der Waals surface area (Å²) in [4.78, 5) is 97.5. The number of nitrogens with one attached hydrogen (secondary N) is 1. The number of phenols is 1.